The van der Waals surface area contributed by atoms with E-state index in [1.54, 1.807) is 24.0 Å². The molecule has 0 aromatic heterocycles. The number of halogens is 1. The van der Waals surface area contributed by atoms with Crippen LogP contribution in [-0.4, -0.2) is 19.0 Å². The van der Waals surface area contributed by atoms with Crippen LogP contribution >= 0.6 is 0 Å². The Morgan fingerprint density at radius 3 is 2.75 bits per heavy atom. The summed E-state index contributed by atoms with van der Waals surface area (Å²) in [6, 6.07) is 6.01. The van der Waals surface area contributed by atoms with E-state index in [4.69, 9.17) is 5.73 Å². The van der Waals surface area contributed by atoms with Crippen molar-refractivity contribution in [2.75, 3.05) is 18.0 Å². The maximum atomic E-state index is 13.0. The van der Waals surface area contributed by atoms with Crippen LogP contribution in [0.15, 0.2) is 24.3 Å². The van der Waals surface area contributed by atoms with Gasteiger partial charge in [-0.1, -0.05) is 13.0 Å². The highest BCUT2D eigenvalue weighted by Crippen LogP contribution is 2.17. The van der Waals surface area contributed by atoms with Gasteiger partial charge in [-0.3, -0.25) is 4.79 Å². The number of carbonyl (C=O) groups is 1. The fraction of sp³-hybridized carbons (Fsp3) is 0.417. The summed E-state index contributed by atoms with van der Waals surface area (Å²) in [4.78, 5) is 13.5. The molecule has 1 amide bonds. The molecule has 1 unspecified atom stereocenters. The summed E-state index contributed by atoms with van der Waals surface area (Å²) >= 11 is 0. The minimum absolute atomic E-state index is 0.0735. The summed E-state index contributed by atoms with van der Waals surface area (Å²) in [7, 11) is 0. The third-order valence-corrected chi connectivity index (χ3v) is 2.48. The molecule has 16 heavy (non-hydrogen) atoms. The van der Waals surface area contributed by atoms with Gasteiger partial charge in [-0.2, -0.15) is 0 Å². The molecule has 0 aliphatic heterocycles. The fourth-order valence-electron chi connectivity index (χ4n) is 1.48. The quantitative estimate of drug-likeness (QED) is 0.847. The van der Waals surface area contributed by atoms with Gasteiger partial charge in [-0.05, 0) is 25.1 Å². The molecule has 1 atom stereocenters. The number of hydrogen-bond donors (Lipinski definition) is 1. The van der Waals surface area contributed by atoms with Gasteiger partial charge in [0.2, 0.25) is 5.91 Å². The molecule has 0 saturated heterocycles. The second kappa shape index (κ2) is 5.61. The Morgan fingerprint density at radius 2 is 2.25 bits per heavy atom. The van der Waals surface area contributed by atoms with Gasteiger partial charge >= 0.3 is 0 Å². The second-order valence-corrected chi connectivity index (χ2v) is 3.70. The lowest BCUT2D eigenvalue weighted by atomic mass is 10.1. The first-order valence-electron chi connectivity index (χ1n) is 5.37. The van der Waals surface area contributed by atoms with Crippen molar-refractivity contribution in [2.24, 2.45) is 11.7 Å². The van der Waals surface area contributed by atoms with Crippen molar-refractivity contribution in [3.63, 3.8) is 0 Å². The highest BCUT2D eigenvalue weighted by Gasteiger charge is 2.19. The van der Waals surface area contributed by atoms with E-state index in [9.17, 15) is 9.18 Å². The lowest BCUT2D eigenvalue weighted by Gasteiger charge is -2.24. The molecule has 0 aliphatic rings. The molecule has 1 aromatic carbocycles. The molecule has 0 heterocycles. The highest BCUT2D eigenvalue weighted by atomic mass is 19.1. The van der Waals surface area contributed by atoms with E-state index >= 15 is 0 Å². The predicted molar refractivity (Wildman–Crippen MR) is 62.6 cm³/mol. The minimum atomic E-state index is -0.343. The van der Waals surface area contributed by atoms with Gasteiger partial charge in [0, 0.05) is 24.7 Å². The maximum absolute atomic E-state index is 13.0. The molecule has 2 N–H and O–H groups in total. The summed E-state index contributed by atoms with van der Waals surface area (Å²) < 4.78 is 13.0. The summed E-state index contributed by atoms with van der Waals surface area (Å²) in [6.45, 7) is 4.42. The zero-order valence-electron chi connectivity index (χ0n) is 9.61. The zero-order valence-corrected chi connectivity index (χ0v) is 9.61. The van der Waals surface area contributed by atoms with Crippen LogP contribution in [0.4, 0.5) is 10.1 Å². The molecule has 0 fully saturated rings. The molecule has 4 heteroatoms. The summed E-state index contributed by atoms with van der Waals surface area (Å²) in [6.07, 6.45) is 0. The van der Waals surface area contributed by atoms with Crippen molar-refractivity contribution < 1.29 is 9.18 Å². The van der Waals surface area contributed by atoms with Crippen molar-refractivity contribution in [1.29, 1.82) is 0 Å². The first-order valence-corrected chi connectivity index (χ1v) is 5.37. The van der Waals surface area contributed by atoms with Crippen LogP contribution in [0.2, 0.25) is 0 Å². The van der Waals surface area contributed by atoms with Crippen LogP contribution in [0.3, 0.4) is 0 Å². The van der Waals surface area contributed by atoms with E-state index in [0.29, 0.717) is 18.8 Å². The van der Waals surface area contributed by atoms with Crippen LogP contribution < -0.4 is 10.6 Å². The molecular weight excluding hydrogens is 207 g/mol. The molecule has 0 bridgehead atoms. The number of anilines is 1. The van der Waals surface area contributed by atoms with Gasteiger partial charge in [0.05, 0.1) is 0 Å². The first-order chi connectivity index (χ1) is 7.60. The smallest absolute Gasteiger partial charge is 0.231 e. The Labute approximate surface area is 95.0 Å². The monoisotopic (exact) mass is 224 g/mol. The van der Waals surface area contributed by atoms with Crippen LogP contribution in [-0.2, 0) is 4.79 Å². The van der Waals surface area contributed by atoms with Crippen molar-refractivity contribution in [3.05, 3.63) is 30.1 Å². The maximum Gasteiger partial charge on any atom is 0.231 e. The number of carbonyl (C=O) groups excluding carboxylic acids is 1. The third kappa shape index (κ3) is 2.79. The first kappa shape index (κ1) is 12.6. The Balaban J connectivity index is 2.94. The molecule has 0 spiro atoms. The van der Waals surface area contributed by atoms with Crippen LogP contribution in [0, 0.1) is 11.7 Å². The largest absolute Gasteiger partial charge is 0.330 e. The molecule has 88 valence electrons. The van der Waals surface area contributed by atoms with Gasteiger partial charge in [0.1, 0.15) is 5.82 Å². The standard InChI is InChI=1S/C12H17FN2O/c1-3-15(12(16)9(2)8-14)11-6-4-5-10(13)7-11/h4-7,9H,3,8,14H2,1-2H3. The molecular formula is C12H17FN2O. The highest BCUT2D eigenvalue weighted by molar-refractivity contribution is 5.94. The molecule has 3 nitrogen and oxygen atoms in total. The molecule has 1 aromatic rings. The summed E-state index contributed by atoms with van der Waals surface area (Å²) in [5.74, 6) is -0.664. The van der Waals surface area contributed by atoms with Crippen LogP contribution in [0.5, 0.6) is 0 Å². The summed E-state index contributed by atoms with van der Waals surface area (Å²) in [5.41, 5.74) is 6.03. The number of rotatable bonds is 4. The normalized spacial score (nSPS) is 12.2. The van der Waals surface area contributed by atoms with Gasteiger partial charge in [0.25, 0.3) is 0 Å². The van der Waals surface area contributed by atoms with E-state index < -0.39 is 0 Å². The lowest BCUT2D eigenvalue weighted by Crippen LogP contribution is -2.37. The topological polar surface area (TPSA) is 46.3 Å². The Bertz CT molecular complexity index is 368. The number of amides is 1. The average Bonchev–Trinajstić information content (AvgIpc) is 2.29. The van der Waals surface area contributed by atoms with E-state index in [-0.39, 0.29) is 17.6 Å². The van der Waals surface area contributed by atoms with Crippen LogP contribution in [0.1, 0.15) is 13.8 Å². The summed E-state index contributed by atoms with van der Waals surface area (Å²) in [5, 5.41) is 0. The lowest BCUT2D eigenvalue weighted by molar-refractivity contribution is -0.121. The molecule has 0 saturated carbocycles. The number of hydrogen-bond acceptors (Lipinski definition) is 2. The Kier molecular flexibility index (Phi) is 4.43. The van der Waals surface area contributed by atoms with Crippen molar-refractivity contribution in [2.45, 2.75) is 13.8 Å². The molecule has 0 radical (unpaired) electrons. The van der Waals surface area contributed by atoms with E-state index in [1.165, 1.54) is 12.1 Å². The van der Waals surface area contributed by atoms with Crippen molar-refractivity contribution in [1.82, 2.24) is 0 Å². The average molecular weight is 224 g/mol. The SMILES string of the molecule is CCN(C(=O)C(C)CN)c1cccc(F)c1. The number of benzene rings is 1. The predicted octanol–water partition coefficient (Wildman–Crippen LogP) is 1.77. The van der Waals surface area contributed by atoms with Gasteiger partial charge in [-0.15, -0.1) is 0 Å². The Morgan fingerprint density at radius 1 is 1.56 bits per heavy atom. The second-order valence-electron chi connectivity index (χ2n) is 3.70. The number of nitrogens with zero attached hydrogens (tertiary/aromatic N) is 1. The third-order valence-electron chi connectivity index (χ3n) is 2.48. The van der Waals surface area contributed by atoms with Crippen LogP contribution in [0.25, 0.3) is 0 Å². The minimum Gasteiger partial charge on any atom is -0.330 e. The van der Waals surface area contributed by atoms with E-state index in [1.807, 2.05) is 6.92 Å². The molecule has 0 aliphatic carbocycles. The van der Waals surface area contributed by atoms with Gasteiger partial charge in [-0.25, -0.2) is 4.39 Å². The van der Waals surface area contributed by atoms with Crippen molar-refractivity contribution in [3.8, 4) is 0 Å². The van der Waals surface area contributed by atoms with Gasteiger partial charge in [0.15, 0.2) is 0 Å². The zero-order chi connectivity index (χ0) is 12.1. The molecule has 1 rings (SSSR count). The van der Waals surface area contributed by atoms with Crippen molar-refractivity contribution >= 4 is 11.6 Å². The van der Waals surface area contributed by atoms with Gasteiger partial charge < -0.3 is 10.6 Å². The van der Waals surface area contributed by atoms with E-state index in [2.05, 4.69) is 0 Å². The fourth-order valence-corrected chi connectivity index (χ4v) is 1.48. The van der Waals surface area contributed by atoms with E-state index in [0.717, 1.165) is 0 Å². The Hall–Kier alpha value is -1.42. The number of nitrogens with two attached hydrogens (primary N) is 1.